The summed E-state index contributed by atoms with van der Waals surface area (Å²) in [4.78, 5) is 32.4. The number of nitrogens with zero attached hydrogens (tertiary/aromatic N) is 1. The van der Waals surface area contributed by atoms with E-state index in [1.807, 2.05) is 0 Å². The second-order valence-electron chi connectivity index (χ2n) is 3.18. The smallest absolute Gasteiger partial charge is 0.280 e. The molecule has 0 spiro atoms. The first kappa shape index (κ1) is 12.5. The Bertz CT molecular complexity index is 470. The summed E-state index contributed by atoms with van der Waals surface area (Å²) in [5.74, 6) is -0.353. The fourth-order valence-electron chi connectivity index (χ4n) is 1.36. The summed E-state index contributed by atoms with van der Waals surface area (Å²) in [6.07, 6.45) is 0.341. The largest absolute Gasteiger partial charge is 0.298 e. The molecule has 0 unspecified atom stereocenters. The quantitative estimate of drug-likeness (QED) is 0.280. The van der Waals surface area contributed by atoms with Crippen LogP contribution in [0.4, 0.5) is 5.69 Å². The Morgan fingerprint density at radius 3 is 2.62 bits per heavy atom. The first-order chi connectivity index (χ1) is 7.51. The van der Waals surface area contributed by atoms with E-state index in [0.29, 0.717) is 11.8 Å². The molecule has 0 aliphatic rings. The minimum atomic E-state index is -0.665. The summed E-state index contributed by atoms with van der Waals surface area (Å²) < 4.78 is 0. The molecule has 5 nitrogen and oxygen atoms in total. The summed E-state index contributed by atoms with van der Waals surface area (Å²) in [6.45, 7) is 1.63. The number of carbonyl (C=O) groups excluding carboxylic acids is 2. The molecule has 0 amide bonds. The number of nitro groups is 1. The number of alkyl halides is 1. The number of Topliss-reactive ketones (excluding diaryl/α,β-unsaturated/α-hetero) is 1. The van der Waals surface area contributed by atoms with Crippen molar-refractivity contribution in [2.45, 2.75) is 6.92 Å². The van der Waals surface area contributed by atoms with E-state index < -0.39 is 4.92 Å². The monoisotopic (exact) mass is 285 g/mol. The maximum Gasteiger partial charge on any atom is 0.280 e. The highest BCUT2D eigenvalue weighted by Crippen LogP contribution is 2.23. The zero-order valence-corrected chi connectivity index (χ0v) is 9.98. The molecule has 0 saturated heterocycles. The molecule has 1 aromatic rings. The molecule has 0 atom stereocenters. The molecule has 0 fully saturated rings. The van der Waals surface area contributed by atoms with Gasteiger partial charge in [-0.05, 0) is 18.6 Å². The van der Waals surface area contributed by atoms with Crippen LogP contribution < -0.4 is 0 Å². The predicted molar refractivity (Wildman–Crippen MR) is 61.3 cm³/mol. The van der Waals surface area contributed by atoms with Crippen molar-refractivity contribution >= 4 is 33.7 Å². The Morgan fingerprint density at radius 2 is 2.19 bits per heavy atom. The van der Waals surface area contributed by atoms with Crippen LogP contribution in [0.2, 0.25) is 0 Å². The highest BCUT2D eigenvalue weighted by molar-refractivity contribution is 9.09. The first-order valence-corrected chi connectivity index (χ1v) is 5.46. The molecular weight excluding hydrogens is 278 g/mol. The van der Waals surface area contributed by atoms with E-state index in [1.54, 1.807) is 6.92 Å². The van der Waals surface area contributed by atoms with Crippen LogP contribution in [-0.4, -0.2) is 22.3 Å². The second-order valence-corrected chi connectivity index (χ2v) is 3.74. The fraction of sp³-hybridized carbons (Fsp3) is 0.200. The van der Waals surface area contributed by atoms with E-state index in [2.05, 4.69) is 15.9 Å². The molecule has 0 aliphatic heterocycles. The molecular formula is C10H8BrNO4. The lowest BCUT2D eigenvalue weighted by Gasteiger charge is -2.04. The Hall–Kier alpha value is -1.56. The number of carbonyl (C=O) groups is 2. The number of aldehydes is 1. The molecule has 84 valence electrons. The van der Waals surface area contributed by atoms with Crippen LogP contribution >= 0.6 is 15.9 Å². The van der Waals surface area contributed by atoms with Crippen LogP contribution in [0.3, 0.4) is 0 Å². The third-order valence-electron chi connectivity index (χ3n) is 2.04. The first-order valence-electron chi connectivity index (χ1n) is 4.34. The number of halogens is 1. The maximum atomic E-state index is 11.5. The van der Waals surface area contributed by atoms with Crippen LogP contribution in [0, 0.1) is 17.0 Å². The van der Waals surface area contributed by atoms with E-state index in [0.717, 1.165) is 0 Å². The summed E-state index contributed by atoms with van der Waals surface area (Å²) in [5.41, 5.74) is 0.152. The molecule has 1 rings (SSSR count). The Labute approximate surface area is 99.7 Å². The number of ketones is 1. The van der Waals surface area contributed by atoms with Crippen LogP contribution in [0.5, 0.6) is 0 Å². The van der Waals surface area contributed by atoms with Gasteiger partial charge in [0.05, 0.1) is 10.3 Å². The van der Waals surface area contributed by atoms with Gasteiger partial charge in [0, 0.05) is 11.6 Å². The van der Waals surface area contributed by atoms with Gasteiger partial charge in [-0.1, -0.05) is 15.9 Å². The van der Waals surface area contributed by atoms with Gasteiger partial charge < -0.3 is 0 Å². The number of hydrogen-bond donors (Lipinski definition) is 0. The van der Waals surface area contributed by atoms with Gasteiger partial charge in [-0.3, -0.25) is 19.7 Å². The number of nitro benzene ring substituents is 1. The highest BCUT2D eigenvalue weighted by Gasteiger charge is 2.21. The Morgan fingerprint density at radius 1 is 1.56 bits per heavy atom. The molecule has 0 aromatic heterocycles. The van der Waals surface area contributed by atoms with Crippen LogP contribution in [0.15, 0.2) is 12.1 Å². The van der Waals surface area contributed by atoms with Gasteiger partial charge >= 0.3 is 0 Å². The number of benzene rings is 1. The van der Waals surface area contributed by atoms with E-state index in [9.17, 15) is 19.7 Å². The van der Waals surface area contributed by atoms with E-state index >= 15 is 0 Å². The summed E-state index contributed by atoms with van der Waals surface area (Å²) in [6, 6.07) is 2.75. The average Bonchev–Trinajstić information content (AvgIpc) is 2.26. The highest BCUT2D eigenvalue weighted by atomic mass is 79.9. The van der Waals surface area contributed by atoms with Crippen LogP contribution in [0.1, 0.15) is 26.3 Å². The zero-order valence-electron chi connectivity index (χ0n) is 8.40. The number of aryl methyl sites for hydroxylation is 1. The summed E-state index contributed by atoms with van der Waals surface area (Å²) in [5, 5.41) is 10.7. The lowest BCUT2D eigenvalue weighted by atomic mass is 10.0. The molecule has 0 aliphatic carbocycles. The minimum absolute atomic E-state index is 0.0223. The SMILES string of the molecule is Cc1cc(C(=O)CBr)c(C=O)c([N+](=O)[O-])c1. The van der Waals surface area contributed by atoms with Crippen LogP contribution in [0.25, 0.3) is 0 Å². The third-order valence-corrected chi connectivity index (χ3v) is 2.55. The van der Waals surface area contributed by atoms with E-state index in [-0.39, 0.29) is 27.9 Å². The van der Waals surface area contributed by atoms with Crippen molar-refractivity contribution < 1.29 is 14.5 Å². The average molecular weight is 286 g/mol. The number of hydrogen-bond acceptors (Lipinski definition) is 4. The van der Waals surface area contributed by atoms with Gasteiger partial charge in [0.1, 0.15) is 5.56 Å². The van der Waals surface area contributed by atoms with Gasteiger partial charge in [-0.15, -0.1) is 0 Å². The van der Waals surface area contributed by atoms with Crippen molar-refractivity contribution in [3.8, 4) is 0 Å². The molecule has 1 aromatic carbocycles. The molecule has 0 heterocycles. The van der Waals surface area contributed by atoms with E-state index in [1.165, 1.54) is 12.1 Å². The second kappa shape index (κ2) is 4.98. The van der Waals surface area contributed by atoms with Crippen molar-refractivity contribution in [2.24, 2.45) is 0 Å². The molecule has 0 N–H and O–H groups in total. The molecule has 16 heavy (non-hydrogen) atoms. The van der Waals surface area contributed by atoms with Crippen LogP contribution in [-0.2, 0) is 0 Å². The predicted octanol–water partition coefficient (Wildman–Crippen LogP) is 2.29. The van der Waals surface area contributed by atoms with Crippen molar-refractivity contribution in [3.63, 3.8) is 0 Å². The normalized spacial score (nSPS) is 9.88. The molecule has 0 saturated carbocycles. The fourth-order valence-corrected chi connectivity index (χ4v) is 1.66. The molecule has 0 bridgehead atoms. The minimum Gasteiger partial charge on any atom is -0.298 e. The zero-order chi connectivity index (χ0) is 12.3. The molecule has 6 heteroatoms. The lowest BCUT2D eigenvalue weighted by Crippen LogP contribution is -2.08. The molecule has 0 radical (unpaired) electrons. The van der Waals surface area contributed by atoms with Gasteiger partial charge in [0.15, 0.2) is 12.1 Å². The standard InChI is InChI=1S/C10H8BrNO4/c1-6-2-7(10(14)4-11)8(5-13)9(3-6)12(15)16/h2-3,5H,4H2,1H3. The van der Waals surface area contributed by atoms with Crippen molar-refractivity contribution in [3.05, 3.63) is 38.9 Å². The van der Waals surface area contributed by atoms with Crippen molar-refractivity contribution in [1.29, 1.82) is 0 Å². The van der Waals surface area contributed by atoms with Gasteiger partial charge in [0.2, 0.25) is 0 Å². The van der Waals surface area contributed by atoms with Crippen molar-refractivity contribution in [2.75, 3.05) is 5.33 Å². The number of rotatable bonds is 4. The van der Waals surface area contributed by atoms with Crippen molar-refractivity contribution in [1.82, 2.24) is 0 Å². The lowest BCUT2D eigenvalue weighted by molar-refractivity contribution is -0.385. The van der Waals surface area contributed by atoms with Gasteiger partial charge in [0.25, 0.3) is 5.69 Å². The topological polar surface area (TPSA) is 77.3 Å². The Kier molecular flexibility index (Phi) is 3.89. The van der Waals surface area contributed by atoms with E-state index in [4.69, 9.17) is 0 Å². The summed E-state index contributed by atoms with van der Waals surface area (Å²) >= 11 is 2.97. The summed E-state index contributed by atoms with van der Waals surface area (Å²) in [7, 11) is 0. The third kappa shape index (κ3) is 2.33. The Balaban J connectivity index is 3.54. The van der Waals surface area contributed by atoms with Gasteiger partial charge in [-0.2, -0.15) is 0 Å². The maximum absolute atomic E-state index is 11.5. The van der Waals surface area contributed by atoms with Gasteiger partial charge in [-0.25, -0.2) is 0 Å².